The predicted octanol–water partition coefficient (Wildman–Crippen LogP) is 42.0. The number of rotatable bonds is 6. The first-order valence-corrected chi connectivity index (χ1v) is 44.2. The molecule has 0 amide bonds. The number of benzene rings is 22. The van der Waals surface area contributed by atoms with Crippen molar-refractivity contribution in [2.75, 3.05) is 0 Å². The molecular weight excluding hydrogens is 2120 g/mol. The van der Waals surface area contributed by atoms with Gasteiger partial charge in [-0.2, -0.15) is 0 Å². The maximum atomic E-state index is 8.00. The van der Waals surface area contributed by atoms with Gasteiger partial charge in [0.05, 0.1) is 11.2 Å². The van der Waals surface area contributed by atoms with Crippen LogP contribution < -0.4 is 5.46 Å². The lowest BCUT2D eigenvalue weighted by Crippen LogP contribution is -2.41. The largest absolute Gasteiger partial charge is 0.495 e. The van der Waals surface area contributed by atoms with Crippen LogP contribution in [0.2, 0.25) is 0 Å². The summed E-state index contributed by atoms with van der Waals surface area (Å²) in [5.41, 5.74) is 23.4. The summed E-state index contributed by atoms with van der Waals surface area (Å²) in [6, 6.07) is 130. The normalized spacial score (nSPS) is 11.7. The molecule has 2 aliphatic carbocycles. The Hall–Kier alpha value is -13.5. The van der Waals surface area contributed by atoms with Crippen LogP contribution in [0.3, 0.4) is 0 Å². The lowest BCUT2D eigenvalue weighted by molar-refractivity contribution is 0.00578. The highest BCUT2D eigenvalue weighted by Crippen LogP contribution is 2.59. The van der Waals surface area contributed by atoms with Crippen molar-refractivity contribution >= 4 is 196 Å². The summed E-state index contributed by atoms with van der Waals surface area (Å²) >= 11 is 9.50. The molecule has 1 saturated heterocycles. The lowest BCUT2D eigenvalue weighted by Gasteiger charge is -2.32. The van der Waals surface area contributed by atoms with Crippen LogP contribution in [0.4, 0.5) is 110 Å². The van der Waals surface area contributed by atoms with Crippen molar-refractivity contribution in [1.29, 1.82) is 0 Å². The third-order valence-electron chi connectivity index (χ3n) is 25.8. The monoisotopic (exact) mass is 2190 g/mol. The van der Waals surface area contributed by atoms with Gasteiger partial charge in [-0.05, 0) is 344 Å². The van der Waals surface area contributed by atoms with Gasteiger partial charge in [-0.3, -0.25) is 9.41 Å². The summed E-state index contributed by atoms with van der Waals surface area (Å²) in [5.74, 6) is 0. The van der Waals surface area contributed by atoms with Gasteiger partial charge < -0.3 is 9.31 Å². The molecular formula is C111H76BBr2F24IO2. The van der Waals surface area contributed by atoms with Crippen LogP contribution in [-0.4, -0.2) is 18.3 Å². The van der Waals surface area contributed by atoms with Crippen LogP contribution in [0.5, 0.6) is 0 Å². The maximum Gasteiger partial charge on any atom is 0.495 e. The minimum Gasteiger partial charge on any atom is -0.399 e. The standard InChI is InChI=1S/C52H37BO2.C52H29Br.C6H4BrI.CH4.11F2.2FH/c1-51(2)52(3,4)55-53(54-51)45-27-26-35-37-23-25-39-42-29-44-43(28-41(42)38-24-22-36(49(37)50(38)39)34-20-13-21-40(45)48(34)35)46(30-14-7-5-8-15-30)32-18-11-12-19-33(32)47(44)31-16-9-6-10-17-31;53-47-21-10-9-16-33(47)32-22-23-38-40-25-27-42-44-29-46-45(28-43(44)41-26-24-39(51(40)52(41)42)37-20-11-19-34(32)50(37)38)48(30-12-3-1-4-13-30)35-17-7-8-18-36(35)49(46)31-14-5-2-6-15-31;7-5-3-1-2-4-6(5)8;;11*1-2;;/h5-29H,1-4H3;1-29H;1-4H;1H4;;;;;;;;;;;;2*1H. The van der Waals surface area contributed by atoms with Crippen LogP contribution in [0.1, 0.15) is 35.1 Å². The summed E-state index contributed by atoms with van der Waals surface area (Å²) < 4.78 is 193. The molecule has 0 spiro atoms. The minimum absolute atomic E-state index is 0. The molecule has 2 nitrogen and oxygen atoms in total. The number of hydrogen-bond acceptors (Lipinski definition) is 2. The van der Waals surface area contributed by atoms with Gasteiger partial charge in [0, 0.05) is 113 Å². The molecule has 0 atom stereocenters. The maximum absolute atomic E-state index is 8.00. The predicted molar refractivity (Wildman–Crippen MR) is 548 cm³/mol. The van der Waals surface area contributed by atoms with Gasteiger partial charge in [-0.25, -0.2) is 0 Å². The van der Waals surface area contributed by atoms with Crippen molar-refractivity contribution in [2.45, 2.75) is 46.3 Å². The zero-order valence-corrected chi connectivity index (χ0v) is 78.5. The van der Waals surface area contributed by atoms with Crippen molar-refractivity contribution in [3.05, 3.63) is 364 Å². The molecule has 0 N–H and O–H groups in total. The smallest absolute Gasteiger partial charge is 0.399 e. The van der Waals surface area contributed by atoms with Crippen LogP contribution in [0, 0.1) is 3.57 Å². The van der Waals surface area contributed by atoms with Crippen LogP contribution in [0.15, 0.2) is 361 Å². The Morgan fingerprint density at radius 1 is 0.206 bits per heavy atom. The zero-order valence-electron chi connectivity index (χ0n) is 73.1. The molecule has 0 bridgehead atoms. The van der Waals surface area contributed by atoms with Crippen molar-refractivity contribution in [3.8, 4) is 100 Å². The minimum atomic E-state index is -0.426. The van der Waals surface area contributed by atoms with E-state index in [4.69, 9.17) is 110 Å². The highest BCUT2D eigenvalue weighted by Gasteiger charge is 2.52. The van der Waals surface area contributed by atoms with Crippen molar-refractivity contribution in [3.63, 3.8) is 0 Å². The molecule has 3 aliphatic rings. The van der Waals surface area contributed by atoms with Crippen LogP contribution >= 0.6 is 54.5 Å². The van der Waals surface area contributed by atoms with E-state index in [2.05, 4.69) is 416 Å². The van der Waals surface area contributed by atoms with Crippen molar-refractivity contribution in [1.82, 2.24) is 0 Å². The second kappa shape index (κ2) is 50.0. The van der Waals surface area contributed by atoms with Crippen molar-refractivity contribution in [2.24, 2.45) is 0 Å². The number of hydrogen-bond donors (Lipinski definition) is 0. The molecule has 1 aliphatic heterocycles. The zero-order chi connectivity index (χ0) is 99.6. The van der Waals surface area contributed by atoms with E-state index in [0.29, 0.717) is 0 Å². The average Bonchev–Trinajstić information content (AvgIpc) is 1.56. The van der Waals surface area contributed by atoms with Gasteiger partial charge >= 0.3 is 7.12 Å². The topological polar surface area (TPSA) is 18.5 Å². The number of halogens is 27. The van der Waals surface area contributed by atoms with Gasteiger partial charge in [-0.15, -0.1) is 0 Å². The van der Waals surface area contributed by atoms with E-state index >= 15 is 0 Å². The Morgan fingerprint density at radius 2 is 0.440 bits per heavy atom. The molecule has 0 radical (unpaired) electrons. The third-order valence-corrected chi connectivity index (χ3v) is 28.9. The first kappa shape index (κ1) is 111. The fourth-order valence-corrected chi connectivity index (χ4v) is 21.2. The molecule has 724 valence electrons. The summed E-state index contributed by atoms with van der Waals surface area (Å²) in [4.78, 5) is 0. The molecule has 141 heavy (non-hydrogen) atoms. The van der Waals surface area contributed by atoms with Gasteiger partial charge in [0.1, 0.15) is 0 Å². The molecule has 1 fully saturated rings. The fourth-order valence-electron chi connectivity index (χ4n) is 20.0. The second-order valence-corrected chi connectivity index (χ2v) is 35.3. The molecule has 25 rings (SSSR count). The lowest BCUT2D eigenvalue weighted by atomic mass is 9.74. The van der Waals surface area contributed by atoms with E-state index in [0.717, 1.165) is 9.94 Å². The van der Waals surface area contributed by atoms with E-state index in [1.54, 1.807) is 0 Å². The highest BCUT2D eigenvalue weighted by molar-refractivity contribution is 14.1. The van der Waals surface area contributed by atoms with Crippen LogP contribution in [0.25, 0.3) is 229 Å². The Morgan fingerprint density at radius 3 is 0.738 bits per heavy atom. The molecule has 0 aromatic heterocycles. The van der Waals surface area contributed by atoms with E-state index in [1.165, 1.54) is 237 Å². The van der Waals surface area contributed by atoms with E-state index < -0.39 is 18.3 Å². The van der Waals surface area contributed by atoms with Gasteiger partial charge in [0.2, 0.25) is 0 Å². The van der Waals surface area contributed by atoms with Gasteiger partial charge in [-0.1, -0.05) is 333 Å². The van der Waals surface area contributed by atoms with E-state index in [1.807, 2.05) is 18.2 Å². The molecule has 22 aromatic rings. The fraction of sp³-hybridized carbons (Fsp3) is 0.0631. The summed E-state index contributed by atoms with van der Waals surface area (Å²) in [7, 11) is -0.426. The average molecular weight is 2200 g/mol. The molecule has 1 heterocycles. The Bertz CT molecular complexity index is 7650. The van der Waals surface area contributed by atoms with Crippen molar-refractivity contribution < 1.29 is 119 Å². The Balaban J connectivity index is 0.000000243. The SMILES string of the molecule is Brc1ccccc1-c1ccc2c3ccc4c5c(ccc(c6cccc1c62)c53)-c1cc2c(-c3ccccc3)c3ccccc3c(-c3ccccc3)c2cc1-4.Brc1ccccc1I.C.CC1(C)OB(c2ccc3c4ccc5c6c(ccc(c7cccc2c73)c64)-c2cc3c(-c4ccccc4)c4ccccc4c(-c4ccccc4)c3cc2-5)OC1(C)C.F.F.FF.FF.FF.FF.FF.FF.FF.FF.FF.FF.FF. The summed E-state index contributed by atoms with van der Waals surface area (Å²) in [6.07, 6.45) is 0. The number of fused-ring (bicyclic) bond motifs is 14. The Kier molecular flexibility index (Phi) is 39.4. The summed E-state index contributed by atoms with van der Waals surface area (Å²) in [6.45, 7) is 8.50. The molecule has 22 aromatic carbocycles. The van der Waals surface area contributed by atoms with E-state index in [-0.39, 0.29) is 16.8 Å². The summed E-state index contributed by atoms with van der Waals surface area (Å²) in [5, 5.41) is 31.2. The third kappa shape index (κ3) is 19.7. The van der Waals surface area contributed by atoms with Crippen LogP contribution in [-0.2, 0) is 9.31 Å². The van der Waals surface area contributed by atoms with E-state index in [9.17, 15) is 0 Å². The van der Waals surface area contributed by atoms with Gasteiger partial charge in [0.25, 0.3) is 0 Å². The second-order valence-electron chi connectivity index (χ2n) is 32.4. The first-order chi connectivity index (χ1) is 67.8. The first-order valence-electron chi connectivity index (χ1n) is 41.5. The molecule has 0 unspecified atom stereocenters. The highest BCUT2D eigenvalue weighted by atomic mass is 127. The van der Waals surface area contributed by atoms with Gasteiger partial charge in [0.15, 0.2) is 0 Å². The molecule has 30 heteroatoms. The quantitative estimate of drug-likeness (QED) is 0.0543. The molecule has 0 saturated carbocycles. The Labute approximate surface area is 820 Å².